The normalized spacial score (nSPS) is 25.4. The molecule has 2 nitrogen and oxygen atoms in total. The summed E-state index contributed by atoms with van der Waals surface area (Å²) >= 11 is 0. The van der Waals surface area contributed by atoms with Crippen molar-refractivity contribution in [3.63, 3.8) is 0 Å². The summed E-state index contributed by atoms with van der Waals surface area (Å²) in [5.41, 5.74) is 0.544. The van der Waals surface area contributed by atoms with E-state index in [1.165, 1.54) is 0 Å². The van der Waals surface area contributed by atoms with Crippen LogP contribution in [-0.2, 0) is 11.2 Å². The van der Waals surface area contributed by atoms with E-state index in [4.69, 9.17) is 8.85 Å². The second-order valence-corrected chi connectivity index (χ2v) is 3.75. The predicted molar refractivity (Wildman–Crippen MR) is 65.0 cm³/mol. The van der Waals surface area contributed by atoms with Crippen LogP contribution in [0.3, 0.4) is 0 Å². The molecule has 0 amide bonds. The molecule has 2 heteroatoms. The summed E-state index contributed by atoms with van der Waals surface area (Å²) in [6.07, 6.45) is -2.18. The summed E-state index contributed by atoms with van der Waals surface area (Å²) in [5.74, 6) is -2.72. The molecule has 0 fully saturated rings. The maximum absolute atomic E-state index is 12.1. The van der Waals surface area contributed by atoms with E-state index in [1.54, 1.807) is 54.6 Å². The molecule has 0 aliphatic carbocycles. The lowest BCUT2D eigenvalue weighted by atomic mass is 9.93. The Balaban J connectivity index is 2.20. The number of benzene rings is 2. The number of para-hydroxylation sites is 1. The van der Waals surface area contributed by atoms with E-state index < -0.39 is 18.2 Å². The summed E-state index contributed by atoms with van der Waals surface area (Å²) in [7, 11) is 0. The number of esters is 1. The summed E-state index contributed by atoms with van der Waals surface area (Å²) in [6, 6.07) is 14.8. The molecule has 0 saturated heterocycles. The van der Waals surface area contributed by atoms with Gasteiger partial charge in [-0.2, -0.15) is 0 Å². The molecule has 2 aromatic carbocycles. The molecule has 1 heterocycles. The van der Waals surface area contributed by atoms with Crippen LogP contribution in [-0.4, -0.2) is 5.97 Å². The van der Waals surface area contributed by atoms with Gasteiger partial charge in [0.25, 0.3) is 0 Å². The van der Waals surface area contributed by atoms with Crippen LogP contribution in [0.25, 0.3) is 0 Å². The molecule has 3 rings (SSSR count). The van der Waals surface area contributed by atoms with Crippen LogP contribution in [0.2, 0.25) is 0 Å². The van der Waals surface area contributed by atoms with E-state index in [0.29, 0.717) is 0 Å². The van der Waals surface area contributed by atoms with Crippen molar-refractivity contribution < 1.29 is 13.6 Å². The fraction of sp³-hybridized carbons (Fsp3) is 0.133. The van der Waals surface area contributed by atoms with E-state index in [2.05, 4.69) is 0 Å². The summed E-state index contributed by atoms with van der Waals surface area (Å²) in [6.45, 7) is 0. The molecule has 1 aliphatic rings. The maximum atomic E-state index is 12.1. The first-order valence-corrected chi connectivity index (χ1v) is 5.35. The summed E-state index contributed by atoms with van der Waals surface area (Å²) < 4.78 is 30.1. The monoisotopic (exact) mass is 227 g/mol. The van der Waals surface area contributed by atoms with Crippen LogP contribution in [0.1, 0.15) is 21.1 Å². The number of carbonyl (C=O) groups is 1. The fourth-order valence-corrected chi connectivity index (χ4v) is 1.81. The SMILES string of the molecule is [2H]C([2H])(c1ccccc1)C1([2H])C(=O)Oc2ccccc21. The first kappa shape index (κ1) is 7.28. The van der Waals surface area contributed by atoms with Gasteiger partial charge in [0.05, 0.1) is 5.89 Å². The molecule has 0 radical (unpaired) electrons. The van der Waals surface area contributed by atoms with Gasteiger partial charge in [0.15, 0.2) is 0 Å². The Morgan fingerprint density at radius 1 is 1.12 bits per heavy atom. The van der Waals surface area contributed by atoms with Crippen molar-refractivity contribution in [1.29, 1.82) is 0 Å². The van der Waals surface area contributed by atoms with Gasteiger partial charge >= 0.3 is 5.97 Å². The van der Waals surface area contributed by atoms with Crippen molar-refractivity contribution in [1.82, 2.24) is 0 Å². The van der Waals surface area contributed by atoms with Crippen LogP contribution in [0.15, 0.2) is 54.6 Å². The van der Waals surface area contributed by atoms with Crippen molar-refractivity contribution in [2.45, 2.75) is 12.3 Å². The Bertz CT molecular complexity index is 670. The van der Waals surface area contributed by atoms with E-state index in [1.807, 2.05) is 0 Å². The molecular formula is C15H12O2. The Morgan fingerprint density at radius 3 is 2.65 bits per heavy atom. The molecule has 1 unspecified atom stereocenters. The zero-order valence-electron chi connectivity index (χ0n) is 12.0. The zero-order valence-corrected chi connectivity index (χ0v) is 9.01. The molecule has 0 N–H and O–H groups in total. The Morgan fingerprint density at radius 2 is 1.82 bits per heavy atom. The molecular weight excluding hydrogens is 212 g/mol. The van der Waals surface area contributed by atoms with Gasteiger partial charge in [-0.25, -0.2) is 0 Å². The quantitative estimate of drug-likeness (QED) is 0.582. The number of ether oxygens (including phenoxy) is 1. The summed E-state index contributed by atoms with van der Waals surface area (Å²) in [4.78, 5) is 12.1. The smallest absolute Gasteiger partial charge is 0.319 e. The lowest BCUT2D eigenvalue weighted by molar-refractivity contribution is -0.134. The first-order valence-electron chi connectivity index (χ1n) is 6.85. The molecule has 84 valence electrons. The average Bonchev–Trinajstić information content (AvgIpc) is 2.73. The Kier molecular flexibility index (Phi) is 1.74. The lowest BCUT2D eigenvalue weighted by Gasteiger charge is -2.06. The van der Waals surface area contributed by atoms with E-state index >= 15 is 0 Å². The molecule has 0 bridgehead atoms. The average molecular weight is 227 g/mol. The topological polar surface area (TPSA) is 26.3 Å². The lowest BCUT2D eigenvalue weighted by Crippen LogP contribution is -2.12. The van der Waals surface area contributed by atoms with Crippen molar-refractivity contribution in [2.24, 2.45) is 0 Å². The van der Waals surface area contributed by atoms with Gasteiger partial charge in [0, 0.05) is 9.68 Å². The third-order valence-electron chi connectivity index (χ3n) is 2.61. The Labute approximate surface area is 104 Å². The van der Waals surface area contributed by atoms with Gasteiger partial charge in [-0.3, -0.25) is 4.79 Å². The largest absolute Gasteiger partial charge is 0.426 e. The van der Waals surface area contributed by atoms with Gasteiger partial charge in [-0.15, -0.1) is 0 Å². The Hall–Kier alpha value is -2.09. The van der Waals surface area contributed by atoms with Crippen LogP contribution >= 0.6 is 0 Å². The highest BCUT2D eigenvalue weighted by Crippen LogP contribution is 2.36. The minimum Gasteiger partial charge on any atom is -0.426 e. The van der Waals surface area contributed by atoms with E-state index in [-0.39, 0.29) is 16.9 Å². The third-order valence-corrected chi connectivity index (χ3v) is 2.61. The summed E-state index contributed by atoms with van der Waals surface area (Å²) in [5, 5.41) is 0. The number of hydrogen-bond donors (Lipinski definition) is 0. The van der Waals surface area contributed by atoms with Crippen LogP contribution in [0.4, 0.5) is 0 Å². The molecule has 1 atom stereocenters. The zero-order chi connectivity index (χ0) is 14.4. The second kappa shape index (κ2) is 4.06. The van der Waals surface area contributed by atoms with Crippen LogP contribution in [0.5, 0.6) is 5.75 Å². The van der Waals surface area contributed by atoms with Crippen LogP contribution < -0.4 is 4.74 Å². The van der Waals surface area contributed by atoms with Gasteiger partial charge < -0.3 is 4.74 Å². The third kappa shape index (κ3) is 1.82. The first-order chi connectivity index (χ1) is 9.48. The predicted octanol–water partition coefficient (Wildman–Crippen LogP) is 2.93. The number of carbonyl (C=O) groups excluding carboxylic acids is 1. The maximum Gasteiger partial charge on any atom is 0.319 e. The minimum atomic E-state index is -2.18. The van der Waals surface area contributed by atoms with Gasteiger partial charge in [-0.1, -0.05) is 48.5 Å². The van der Waals surface area contributed by atoms with E-state index in [0.717, 1.165) is 0 Å². The highest BCUT2D eigenvalue weighted by molar-refractivity contribution is 5.86. The highest BCUT2D eigenvalue weighted by atomic mass is 16.5. The minimum absolute atomic E-state index is 0.257. The number of hydrogen-bond acceptors (Lipinski definition) is 2. The standard InChI is InChI=1S/C15H12O2/c16-15-13(10-11-6-2-1-3-7-11)12-8-4-5-9-14(12)17-15/h1-9,13H,10H2/i10D2,13D. The highest BCUT2D eigenvalue weighted by Gasteiger charge is 2.32. The molecule has 17 heavy (non-hydrogen) atoms. The van der Waals surface area contributed by atoms with Crippen molar-refractivity contribution in [3.8, 4) is 5.75 Å². The second-order valence-electron chi connectivity index (χ2n) is 3.75. The number of rotatable bonds is 2. The van der Waals surface area contributed by atoms with Crippen molar-refractivity contribution in [2.75, 3.05) is 0 Å². The van der Waals surface area contributed by atoms with Crippen molar-refractivity contribution >= 4 is 5.97 Å². The molecule has 2 aromatic rings. The number of fused-ring (bicyclic) bond motifs is 1. The molecule has 0 spiro atoms. The van der Waals surface area contributed by atoms with Gasteiger partial charge in [0.2, 0.25) is 0 Å². The van der Waals surface area contributed by atoms with E-state index in [9.17, 15) is 4.79 Å². The van der Waals surface area contributed by atoms with Crippen LogP contribution in [0, 0.1) is 0 Å². The fourth-order valence-electron chi connectivity index (χ4n) is 1.81. The van der Waals surface area contributed by atoms with Gasteiger partial charge in [0.1, 0.15) is 5.75 Å². The molecule has 1 aliphatic heterocycles. The molecule has 0 aromatic heterocycles. The molecule has 0 saturated carbocycles. The van der Waals surface area contributed by atoms with Crippen molar-refractivity contribution in [3.05, 3.63) is 65.7 Å². The van der Waals surface area contributed by atoms with Gasteiger partial charge in [-0.05, 0) is 18.0 Å².